The van der Waals surface area contributed by atoms with E-state index in [0.717, 1.165) is 50.5 Å². The van der Waals surface area contributed by atoms with Crippen molar-refractivity contribution in [3.8, 4) is 23.0 Å². The van der Waals surface area contributed by atoms with Gasteiger partial charge in [-0.1, -0.05) is 12.1 Å². The van der Waals surface area contributed by atoms with Crippen molar-refractivity contribution in [2.75, 3.05) is 12.4 Å². The van der Waals surface area contributed by atoms with Gasteiger partial charge in [-0.05, 0) is 81.4 Å². The number of hydrogen-bond donors (Lipinski definition) is 1. The van der Waals surface area contributed by atoms with E-state index in [0.29, 0.717) is 5.88 Å². The summed E-state index contributed by atoms with van der Waals surface area (Å²) in [5, 5.41) is 4.23. The molecule has 5 rings (SSSR count). The standard InChI is InChI=1S/C28H26FN5O/c1-17(2)30-24-16-27-25(15-23(24)33-22-14-9-18(3)31-28(22)35-4)32-21-7-5-6-8-26(21)34(27)20-12-10-19(29)11-13-20/h5-17,33H,1-4H3. The Bertz CT molecular complexity index is 1560. The lowest BCUT2D eigenvalue weighted by Gasteiger charge is -2.20. The van der Waals surface area contributed by atoms with Crippen molar-refractivity contribution >= 4 is 22.4 Å². The summed E-state index contributed by atoms with van der Waals surface area (Å²) in [7, 11) is 1.60. The Balaban J connectivity index is 1.80. The number of fused-ring (bicyclic) bond motifs is 2. The largest absolute Gasteiger partial charge is 0.480 e. The Morgan fingerprint density at radius 1 is 0.943 bits per heavy atom. The maximum atomic E-state index is 13.7. The molecule has 1 aliphatic carbocycles. The highest BCUT2D eigenvalue weighted by molar-refractivity contribution is 5.84. The number of para-hydroxylation sites is 2. The van der Waals surface area contributed by atoms with E-state index in [-0.39, 0.29) is 11.9 Å². The van der Waals surface area contributed by atoms with Crippen LogP contribution in [0.4, 0.5) is 15.8 Å². The Morgan fingerprint density at radius 2 is 1.71 bits per heavy atom. The van der Waals surface area contributed by atoms with Crippen molar-refractivity contribution in [1.82, 2.24) is 14.5 Å². The molecule has 35 heavy (non-hydrogen) atoms. The fourth-order valence-corrected chi connectivity index (χ4v) is 4.12. The summed E-state index contributed by atoms with van der Waals surface area (Å²) in [5.74, 6) is 0.230. The number of nitrogens with one attached hydrogen (secondary N) is 1. The number of halogens is 1. The van der Waals surface area contributed by atoms with Crippen LogP contribution in [0.5, 0.6) is 5.88 Å². The number of nitrogens with zero attached hydrogens (tertiary/aromatic N) is 4. The van der Waals surface area contributed by atoms with Gasteiger partial charge in [0.25, 0.3) is 0 Å². The van der Waals surface area contributed by atoms with Gasteiger partial charge in [-0.15, -0.1) is 0 Å². The van der Waals surface area contributed by atoms with Gasteiger partial charge in [0.2, 0.25) is 5.88 Å². The van der Waals surface area contributed by atoms with Gasteiger partial charge >= 0.3 is 0 Å². The summed E-state index contributed by atoms with van der Waals surface area (Å²) < 4.78 is 21.3. The highest BCUT2D eigenvalue weighted by atomic mass is 19.1. The van der Waals surface area contributed by atoms with Gasteiger partial charge in [0.15, 0.2) is 0 Å². The smallest absolute Gasteiger partial charge is 0.237 e. The fourth-order valence-electron chi connectivity index (χ4n) is 4.12. The van der Waals surface area contributed by atoms with E-state index in [1.165, 1.54) is 12.1 Å². The molecule has 0 saturated carbocycles. The fraction of sp³-hybridized carbons (Fsp3) is 0.179. The molecule has 0 fully saturated rings. The maximum Gasteiger partial charge on any atom is 0.237 e. The average Bonchev–Trinajstić information content (AvgIpc) is 2.84. The molecule has 2 aliphatic rings. The SMILES string of the molecule is COc1nc(C)ccc1Nc1cc2nc3ccccc3n(-c3ccc(F)cc3)c-2cc1=NC(C)C. The number of ether oxygens (including phenoxy) is 1. The normalized spacial score (nSPS) is 12.0. The average molecular weight is 468 g/mol. The van der Waals surface area contributed by atoms with Gasteiger partial charge in [-0.2, -0.15) is 0 Å². The van der Waals surface area contributed by atoms with Crippen molar-refractivity contribution in [3.05, 3.63) is 89.7 Å². The minimum Gasteiger partial charge on any atom is -0.480 e. The van der Waals surface area contributed by atoms with Crippen LogP contribution >= 0.6 is 0 Å². The van der Waals surface area contributed by atoms with Crippen LogP contribution in [0.1, 0.15) is 19.5 Å². The van der Waals surface area contributed by atoms with E-state index in [9.17, 15) is 4.39 Å². The summed E-state index contributed by atoms with van der Waals surface area (Å²) in [6.07, 6.45) is 0. The van der Waals surface area contributed by atoms with Crippen molar-refractivity contribution in [1.29, 1.82) is 0 Å². The molecule has 6 nitrogen and oxygen atoms in total. The van der Waals surface area contributed by atoms with Crippen LogP contribution in [0.25, 0.3) is 28.1 Å². The van der Waals surface area contributed by atoms with Gasteiger partial charge in [-0.3, -0.25) is 4.99 Å². The van der Waals surface area contributed by atoms with Gasteiger partial charge in [0, 0.05) is 17.4 Å². The third-order valence-corrected chi connectivity index (χ3v) is 5.64. The summed E-state index contributed by atoms with van der Waals surface area (Å²) in [4.78, 5) is 14.3. The first-order valence-electron chi connectivity index (χ1n) is 11.5. The summed E-state index contributed by atoms with van der Waals surface area (Å²) in [6, 6.07) is 22.4. The second-order valence-corrected chi connectivity index (χ2v) is 8.63. The molecule has 0 radical (unpaired) electrons. The molecule has 0 spiro atoms. The molecule has 0 unspecified atom stereocenters. The number of pyridine rings is 1. The molecule has 1 N–H and O–H groups in total. The topological polar surface area (TPSA) is 64.3 Å². The van der Waals surface area contributed by atoms with E-state index in [1.807, 2.05) is 69.3 Å². The molecule has 0 saturated heterocycles. The van der Waals surface area contributed by atoms with E-state index >= 15 is 0 Å². The third kappa shape index (κ3) is 4.45. The third-order valence-electron chi connectivity index (χ3n) is 5.64. The van der Waals surface area contributed by atoms with Crippen molar-refractivity contribution in [2.45, 2.75) is 26.8 Å². The van der Waals surface area contributed by atoms with Crippen LogP contribution < -0.4 is 15.4 Å². The number of benzene rings is 3. The van der Waals surface area contributed by atoms with E-state index in [1.54, 1.807) is 19.2 Å². The Morgan fingerprint density at radius 3 is 2.46 bits per heavy atom. The first kappa shape index (κ1) is 22.5. The van der Waals surface area contributed by atoms with Crippen LogP contribution in [0.3, 0.4) is 0 Å². The highest BCUT2D eigenvalue weighted by Gasteiger charge is 2.17. The number of anilines is 2. The number of rotatable bonds is 5. The monoisotopic (exact) mass is 467 g/mol. The first-order valence-corrected chi connectivity index (χ1v) is 11.5. The van der Waals surface area contributed by atoms with Crippen LogP contribution in [-0.4, -0.2) is 27.7 Å². The summed E-state index contributed by atoms with van der Waals surface area (Å²) in [5.41, 5.74) is 6.65. The molecule has 0 atom stereocenters. The zero-order chi connectivity index (χ0) is 24.5. The van der Waals surface area contributed by atoms with Gasteiger partial charge in [0.05, 0.1) is 40.6 Å². The van der Waals surface area contributed by atoms with E-state index in [2.05, 4.69) is 14.9 Å². The van der Waals surface area contributed by atoms with Crippen molar-refractivity contribution in [3.63, 3.8) is 0 Å². The Labute approximate surface area is 203 Å². The molecule has 176 valence electrons. The number of hydrogen-bond acceptors (Lipinski definition) is 5. The second kappa shape index (κ2) is 9.18. The predicted octanol–water partition coefficient (Wildman–Crippen LogP) is 6.03. The lowest BCUT2D eigenvalue weighted by Crippen LogP contribution is -2.17. The van der Waals surface area contributed by atoms with E-state index in [4.69, 9.17) is 14.7 Å². The zero-order valence-electron chi connectivity index (χ0n) is 20.1. The zero-order valence-corrected chi connectivity index (χ0v) is 20.1. The number of methoxy groups -OCH3 is 1. The first-order chi connectivity index (χ1) is 16.9. The van der Waals surface area contributed by atoms with Crippen LogP contribution in [0.2, 0.25) is 0 Å². The quantitative estimate of drug-likeness (QED) is 0.320. The molecule has 0 amide bonds. The lowest BCUT2D eigenvalue weighted by atomic mass is 10.1. The summed E-state index contributed by atoms with van der Waals surface area (Å²) in [6.45, 7) is 5.99. The number of aromatic nitrogens is 3. The minimum absolute atomic E-state index is 0.0683. The second-order valence-electron chi connectivity index (χ2n) is 8.63. The summed E-state index contributed by atoms with van der Waals surface area (Å²) >= 11 is 0. The van der Waals surface area contributed by atoms with Gasteiger partial charge in [-0.25, -0.2) is 14.4 Å². The molecule has 7 heteroatoms. The van der Waals surface area contributed by atoms with Crippen molar-refractivity contribution in [2.24, 2.45) is 4.99 Å². The molecule has 1 aromatic heterocycles. The minimum atomic E-state index is -0.278. The lowest BCUT2D eigenvalue weighted by molar-refractivity contribution is 0.399. The predicted molar refractivity (Wildman–Crippen MR) is 137 cm³/mol. The Kier molecular flexibility index (Phi) is 5.91. The van der Waals surface area contributed by atoms with Crippen molar-refractivity contribution < 1.29 is 9.13 Å². The van der Waals surface area contributed by atoms with Crippen LogP contribution in [0.15, 0.2) is 77.8 Å². The van der Waals surface area contributed by atoms with Gasteiger partial charge < -0.3 is 14.6 Å². The highest BCUT2D eigenvalue weighted by Crippen LogP contribution is 2.31. The number of aryl methyl sites for hydroxylation is 1. The molecule has 0 bridgehead atoms. The van der Waals surface area contributed by atoms with Gasteiger partial charge in [0.1, 0.15) is 11.5 Å². The maximum absolute atomic E-state index is 13.7. The molecule has 3 aromatic rings. The van der Waals surface area contributed by atoms with E-state index < -0.39 is 0 Å². The molecule has 1 aliphatic heterocycles. The molecule has 2 heterocycles. The van der Waals surface area contributed by atoms with Crippen LogP contribution in [-0.2, 0) is 0 Å². The molecule has 2 aromatic carbocycles. The Hall–Kier alpha value is -4.26. The van der Waals surface area contributed by atoms with Crippen LogP contribution in [0, 0.1) is 12.7 Å². The molecular weight excluding hydrogens is 441 g/mol. The molecular formula is C28H26FN5O.